The van der Waals surface area contributed by atoms with Crippen molar-refractivity contribution in [2.45, 2.75) is 19.8 Å². The fourth-order valence-electron chi connectivity index (χ4n) is 0.500. The second-order valence-electron chi connectivity index (χ2n) is 2.08. The van der Waals surface area contributed by atoms with E-state index in [1.54, 1.807) is 0 Å². The summed E-state index contributed by atoms with van der Waals surface area (Å²) >= 11 is 0. The van der Waals surface area contributed by atoms with E-state index in [0.717, 1.165) is 6.42 Å². The first-order valence-electron chi connectivity index (χ1n) is 3.28. The molecule has 0 atom stereocenters. The lowest BCUT2D eigenvalue weighted by Gasteiger charge is -1.92. The molecule has 0 heterocycles. The number of hydrogen-bond donors (Lipinski definition) is 2. The predicted molar refractivity (Wildman–Crippen MR) is 39.7 cm³/mol. The van der Waals surface area contributed by atoms with E-state index in [4.69, 9.17) is 10.8 Å². The Morgan fingerprint density at radius 3 is 2.70 bits per heavy atom. The third kappa shape index (κ3) is 4.09. The number of rotatable bonds is 4. The SMILES string of the molecule is CC(=O)/C(O)=C/CCCN. The first-order valence-corrected chi connectivity index (χ1v) is 3.28. The molecule has 0 unspecified atom stereocenters. The number of carbonyl (C=O) groups excluding carboxylic acids is 1. The van der Waals surface area contributed by atoms with Crippen LogP contribution in [0.2, 0.25) is 0 Å². The van der Waals surface area contributed by atoms with Crippen molar-refractivity contribution in [2.24, 2.45) is 5.73 Å². The lowest BCUT2D eigenvalue weighted by atomic mass is 10.2. The highest BCUT2D eigenvalue weighted by molar-refractivity contribution is 5.90. The summed E-state index contributed by atoms with van der Waals surface area (Å²) in [5.41, 5.74) is 5.20. The van der Waals surface area contributed by atoms with Crippen LogP contribution in [0.5, 0.6) is 0 Å². The molecule has 0 saturated carbocycles. The van der Waals surface area contributed by atoms with Crippen molar-refractivity contribution in [2.75, 3.05) is 6.54 Å². The van der Waals surface area contributed by atoms with Crippen LogP contribution >= 0.6 is 0 Å². The fourth-order valence-corrected chi connectivity index (χ4v) is 0.500. The average Bonchev–Trinajstić information content (AvgIpc) is 1.88. The van der Waals surface area contributed by atoms with Gasteiger partial charge in [-0.3, -0.25) is 4.79 Å². The predicted octanol–water partition coefficient (Wildman–Crippen LogP) is 0.756. The molecule has 0 aliphatic carbocycles. The Bertz CT molecular complexity index is 141. The van der Waals surface area contributed by atoms with Gasteiger partial charge in [0.2, 0.25) is 0 Å². The van der Waals surface area contributed by atoms with E-state index < -0.39 is 0 Å². The van der Waals surface area contributed by atoms with Crippen LogP contribution in [0, 0.1) is 0 Å². The minimum Gasteiger partial charge on any atom is -0.505 e. The Morgan fingerprint density at radius 2 is 2.30 bits per heavy atom. The standard InChI is InChI=1S/C7H13NO2/c1-6(9)7(10)4-2-3-5-8/h4,10H,2-3,5,8H2,1H3/b7-4-. The third-order valence-corrected chi connectivity index (χ3v) is 1.11. The maximum absolute atomic E-state index is 10.4. The average molecular weight is 143 g/mol. The Labute approximate surface area is 60.5 Å². The van der Waals surface area contributed by atoms with Crippen LogP contribution in [-0.2, 0) is 4.79 Å². The lowest BCUT2D eigenvalue weighted by Crippen LogP contribution is -1.98. The third-order valence-electron chi connectivity index (χ3n) is 1.11. The van der Waals surface area contributed by atoms with E-state index in [2.05, 4.69) is 0 Å². The minimum atomic E-state index is -0.294. The molecule has 0 radical (unpaired) electrons. The number of carbonyl (C=O) groups is 1. The van der Waals surface area contributed by atoms with Gasteiger partial charge in [0.15, 0.2) is 11.5 Å². The molecular formula is C7H13NO2. The Hall–Kier alpha value is -0.830. The molecule has 0 saturated heterocycles. The highest BCUT2D eigenvalue weighted by atomic mass is 16.3. The number of nitrogens with two attached hydrogens (primary N) is 1. The van der Waals surface area contributed by atoms with Gasteiger partial charge in [-0.1, -0.05) is 0 Å². The molecule has 3 N–H and O–H groups in total. The van der Waals surface area contributed by atoms with E-state index >= 15 is 0 Å². The van der Waals surface area contributed by atoms with Gasteiger partial charge in [-0.05, 0) is 25.5 Å². The molecule has 0 aromatic rings. The maximum atomic E-state index is 10.4. The van der Waals surface area contributed by atoms with Gasteiger partial charge in [0, 0.05) is 6.92 Å². The van der Waals surface area contributed by atoms with Crippen LogP contribution in [0.15, 0.2) is 11.8 Å². The Balaban J connectivity index is 3.58. The van der Waals surface area contributed by atoms with Crippen molar-refractivity contribution < 1.29 is 9.90 Å². The van der Waals surface area contributed by atoms with Gasteiger partial charge in [0.1, 0.15) is 0 Å². The zero-order valence-electron chi connectivity index (χ0n) is 6.13. The largest absolute Gasteiger partial charge is 0.505 e. The maximum Gasteiger partial charge on any atom is 0.193 e. The van der Waals surface area contributed by atoms with Gasteiger partial charge in [-0.25, -0.2) is 0 Å². The van der Waals surface area contributed by atoms with Crippen molar-refractivity contribution in [1.82, 2.24) is 0 Å². The molecule has 0 aliphatic rings. The summed E-state index contributed by atoms with van der Waals surface area (Å²) in [6.45, 7) is 1.91. The lowest BCUT2D eigenvalue weighted by molar-refractivity contribution is -0.115. The molecule has 0 aromatic heterocycles. The molecule has 0 aliphatic heterocycles. The number of aliphatic hydroxyl groups excluding tert-OH is 1. The normalized spacial score (nSPS) is 11.6. The topological polar surface area (TPSA) is 63.3 Å². The van der Waals surface area contributed by atoms with E-state index in [-0.39, 0.29) is 11.5 Å². The molecule has 10 heavy (non-hydrogen) atoms. The van der Waals surface area contributed by atoms with E-state index in [1.165, 1.54) is 13.0 Å². The first-order chi connectivity index (χ1) is 4.68. The van der Waals surface area contributed by atoms with Crippen LogP contribution in [-0.4, -0.2) is 17.4 Å². The summed E-state index contributed by atoms with van der Waals surface area (Å²) in [7, 11) is 0. The van der Waals surface area contributed by atoms with Gasteiger partial charge < -0.3 is 10.8 Å². The van der Waals surface area contributed by atoms with Crippen LogP contribution in [0.3, 0.4) is 0 Å². The molecular weight excluding hydrogens is 130 g/mol. The second kappa shape index (κ2) is 4.99. The highest BCUT2D eigenvalue weighted by Crippen LogP contribution is 1.95. The van der Waals surface area contributed by atoms with Crippen LogP contribution in [0.25, 0.3) is 0 Å². The Morgan fingerprint density at radius 1 is 1.70 bits per heavy atom. The Kier molecular flexibility index (Phi) is 4.58. The fraction of sp³-hybridized carbons (Fsp3) is 0.571. The zero-order valence-corrected chi connectivity index (χ0v) is 6.13. The van der Waals surface area contributed by atoms with E-state index in [0.29, 0.717) is 13.0 Å². The van der Waals surface area contributed by atoms with Gasteiger partial charge >= 0.3 is 0 Å². The molecule has 0 bridgehead atoms. The molecule has 0 spiro atoms. The van der Waals surface area contributed by atoms with Crippen molar-refractivity contribution >= 4 is 5.78 Å². The first kappa shape index (κ1) is 9.17. The molecule has 3 nitrogen and oxygen atoms in total. The molecule has 0 amide bonds. The second-order valence-corrected chi connectivity index (χ2v) is 2.08. The van der Waals surface area contributed by atoms with Gasteiger partial charge in [0.25, 0.3) is 0 Å². The van der Waals surface area contributed by atoms with E-state index in [9.17, 15) is 4.79 Å². The highest BCUT2D eigenvalue weighted by Gasteiger charge is 1.96. The van der Waals surface area contributed by atoms with E-state index in [1.807, 2.05) is 0 Å². The van der Waals surface area contributed by atoms with Gasteiger partial charge in [-0.2, -0.15) is 0 Å². The van der Waals surface area contributed by atoms with Crippen molar-refractivity contribution in [3.63, 3.8) is 0 Å². The van der Waals surface area contributed by atoms with Crippen molar-refractivity contribution in [3.8, 4) is 0 Å². The van der Waals surface area contributed by atoms with Gasteiger partial charge in [0.05, 0.1) is 0 Å². The number of unbranched alkanes of at least 4 members (excludes halogenated alkanes) is 1. The quantitative estimate of drug-likeness (QED) is 0.347. The number of hydrogen-bond acceptors (Lipinski definition) is 3. The smallest absolute Gasteiger partial charge is 0.193 e. The van der Waals surface area contributed by atoms with Crippen LogP contribution < -0.4 is 5.73 Å². The molecule has 3 heteroatoms. The summed E-state index contributed by atoms with van der Waals surface area (Å²) < 4.78 is 0. The number of allylic oxidation sites excluding steroid dienone is 2. The molecule has 0 aromatic carbocycles. The van der Waals surface area contributed by atoms with Gasteiger partial charge in [-0.15, -0.1) is 0 Å². The molecule has 58 valence electrons. The summed E-state index contributed by atoms with van der Waals surface area (Å²) in [6.07, 6.45) is 2.97. The summed E-state index contributed by atoms with van der Waals surface area (Å²) in [5, 5.41) is 8.82. The number of aliphatic hydroxyl groups is 1. The van der Waals surface area contributed by atoms with Crippen molar-refractivity contribution in [3.05, 3.63) is 11.8 Å². The minimum absolute atomic E-state index is 0.159. The summed E-state index contributed by atoms with van der Waals surface area (Å²) in [5.74, 6) is -0.453. The number of Topliss-reactive ketones (excluding diaryl/α,β-unsaturated/α-hetero) is 1. The molecule has 0 rings (SSSR count). The summed E-state index contributed by atoms with van der Waals surface area (Å²) in [4.78, 5) is 10.4. The molecule has 0 fully saturated rings. The number of ketones is 1. The monoisotopic (exact) mass is 143 g/mol. The van der Waals surface area contributed by atoms with Crippen molar-refractivity contribution in [1.29, 1.82) is 0 Å². The van der Waals surface area contributed by atoms with Crippen LogP contribution in [0.4, 0.5) is 0 Å². The van der Waals surface area contributed by atoms with Crippen LogP contribution in [0.1, 0.15) is 19.8 Å². The summed E-state index contributed by atoms with van der Waals surface area (Å²) in [6, 6.07) is 0. The zero-order chi connectivity index (χ0) is 7.98.